The second kappa shape index (κ2) is 6.69. The summed E-state index contributed by atoms with van der Waals surface area (Å²) < 4.78 is 0. The highest BCUT2D eigenvalue weighted by Gasteiger charge is 2.36. The molecule has 1 aliphatic rings. The maximum absolute atomic E-state index is 13.0. The van der Waals surface area contributed by atoms with Crippen molar-refractivity contribution in [1.82, 2.24) is 9.62 Å². The van der Waals surface area contributed by atoms with Gasteiger partial charge in [-0.3, -0.25) is 9.59 Å². The van der Waals surface area contributed by atoms with E-state index in [1.54, 1.807) is 35.5 Å². The van der Waals surface area contributed by atoms with Crippen LogP contribution in [0.1, 0.15) is 19.5 Å². The molecule has 2 aromatic heterocycles. The third kappa shape index (κ3) is 3.00. The molecule has 1 aliphatic heterocycles. The zero-order valence-electron chi connectivity index (χ0n) is 14.9. The van der Waals surface area contributed by atoms with Crippen molar-refractivity contribution < 1.29 is 9.59 Å². The molecule has 0 bridgehead atoms. The van der Waals surface area contributed by atoms with Crippen LogP contribution in [-0.2, 0) is 9.59 Å². The predicted octanol–water partition coefficient (Wildman–Crippen LogP) is 1.62. The van der Waals surface area contributed by atoms with E-state index in [4.69, 9.17) is 0 Å². The maximum atomic E-state index is 13.0. The molecule has 0 saturated carbocycles. The van der Waals surface area contributed by atoms with Gasteiger partial charge in [-0.15, -0.1) is 22.7 Å². The van der Waals surface area contributed by atoms with Gasteiger partial charge in [0, 0.05) is 9.75 Å². The second-order valence-electron chi connectivity index (χ2n) is 6.18. The molecule has 25 heavy (non-hydrogen) atoms. The van der Waals surface area contributed by atoms with E-state index >= 15 is 0 Å². The van der Waals surface area contributed by atoms with Crippen LogP contribution in [0.25, 0.3) is 11.4 Å². The number of carbonyl (C=O) groups excluding carboxylic acids is 2. The largest absolute Gasteiger partial charge is 0.423 e. The molecule has 1 amide bonds. The van der Waals surface area contributed by atoms with Crippen molar-refractivity contribution in [3.05, 3.63) is 54.9 Å². The van der Waals surface area contributed by atoms with Crippen LogP contribution in [0.5, 0.6) is 0 Å². The highest BCUT2D eigenvalue weighted by molar-refractivity contribution is 7.13. The van der Waals surface area contributed by atoms with Gasteiger partial charge in [-0.05, 0) is 45.2 Å². The minimum absolute atomic E-state index is 0.141. The van der Waals surface area contributed by atoms with E-state index in [0.29, 0.717) is 16.8 Å². The Morgan fingerprint density at radius 1 is 1.16 bits per heavy atom. The van der Waals surface area contributed by atoms with Crippen molar-refractivity contribution in [2.75, 3.05) is 7.05 Å². The van der Waals surface area contributed by atoms with Crippen molar-refractivity contribution in [2.24, 2.45) is 0 Å². The van der Waals surface area contributed by atoms with Gasteiger partial charge in [0.15, 0.2) is 6.29 Å². The lowest BCUT2D eigenvalue weighted by molar-refractivity contribution is -0.120. The van der Waals surface area contributed by atoms with Crippen LogP contribution in [0.2, 0.25) is 0 Å². The zero-order valence-corrected chi connectivity index (χ0v) is 16.5. The molecule has 0 radical (unpaired) electrons. The molecule has 0 saturated heterocycles. The van der Waals surface area contributed by atoms with E-state index in [1.165, 1.54) is 4.88 Å². The Balaban J connectivity index is 2.31. The number of nitrogens with zero attached hydrogens (tertiary/aromatic N) is 2. The molecule has 0 atom stereocenters. The van der Waals surface area contributed by atoms with E-state index < -0.39 is 0 Å². The van der Waals surface area contributed by atoms with Crippen LogP contribution >= 0.6 is 22.7 Å². The van der Waals surface area contributed by atoms with Crippen LogP contribution in [0.4, 0.5) is 0 Å². The zero-order chi connectivity index (χ0) is 18.3. The van der Waals surface area contributed by atoms with Crippen LogP contribution in [0, 0.1) is 13.8 Å². The summed E-state index contributed by atoms with van der Waals surface area (Å²) in [6, 6.07) is 8.01. The molecule has 0 spiro atoms. The van der Waals surface area contributed by atoms with E-state index in [0.717, 1.165) is 26.6 Å². The predicted molar refractivity (Wildman–Crippen MR) is 110 cm³/mol. The van der Waals surface area contributed by atoms with E-state index in [-0.39, 0.29) is 5.91 Å². The standard InChI is InChI=1S/C17H18B2N2O2S2/c1-9-4-6-12(24-9)15-11(8-22)14(17(23)21(15)19)16(20(3)18)13-7-5-10(2)25-13/h4-8H,18-19H2,1-3H3/b16-14+. The Labute approximate surface area is 157 Å². The summed E-state index contributed by atoms with van der Waals surface area (Å²) in [6.45, 7) is 4.05. The molecular formula is C17H18B2N2O2S2. The third-order valence-electron chi connectivity index (χ3n) is 4.13. The molecule has 4 nitrogen and oxygen atoms in total. The van der Waals surface area contributed by atoms with Gasteiger partial charge in [0.25, 0.3) is 0 Å². The summed E-state index contributed by atoms with van der Waals surface area (Å²) in [7, 11) is 5.54. The van der Waals surface area contributed by atoms with Gasteiger partial charge in [0.1, 0.15) is 0 Å². The summed E-state index contributed by atoms with van der Waals surface area (Å²) in [4.78, 5) is 32.8. The maximum Gasteiger partial charge on any atom is 0.248 e. The Hall–Kier alpha value is -2.05. The minimum atomic E-state index is -0.141. The normalized spacial score (nSPS) is 16.6. The highest BCUT2D eigenvalue weighted by Crippen LogP contribution is 2.41. The summed E-state index contributed by atoms with van der Waals surface area (Å²) in [6.07, 6.45) is 0.811. The SMILES string of the molecule is BN1C(=O)/C(=C(\c2ccc(C)s2)N(B)C)C(C=O)=C1c1ccc(C)s1. The average molecular weight is 368 g/mol. The monoisotopic (exact) mass is 368 g/mol. The highest BCUT2D eigenvalue weighted by atomic mass is 32.1. The lowest BCUT2D eigenvalue weighted by Gasteiger charge is -2.20. The first-order valence-electron chi connectivity index (χ1n) is 7.88. The number of aldehydes is 1. The van der Waals surface area contributed by atoms with Crippen LogP contribution in [0.3, 0.4) is 0 Å². The summed E-state index contributed by atoms with van der Waals surface area (Å²) in [5.41, 5.74) is 2.43. The number of amides is 1. The molecule has 3 rings (SSSR count). The Morgan fingerprint density at radius 2 is 1.80 bits per heavy atom. The number of aryl methyl sites for hydroxylation is 2. The molecular weight excluding hydrogens is 350 g/mol. The Morgan fingerprint density at radius 3 is 2.28 bits per heavy atom. The van der Waals surface area contributed by atoms with Crippen molar-refractivity contribution >= 4 is 62.2 Å². The fourth-order valence-electron chi connectivity index (χ4n) is 3.02. The van der Waals surface area contributed by atoms with Gasteiger partial charge in [-0.1, -0.05) is 0 Å². The van der Waals surface area contributed by atoms with Gasteiger partial charge in [-0.25, -0.2) is 0 Å². The first-order valence-corrected chi connectivity index (χ1v) is 9.51. The Kier molecular flexibility index (Phi) is 4.75. The first kappa shape index (κ1) is 17.8. The molecule has 0 aliphatic carbocycles. The van der Waals surface area contributed by atoms with Crippen molar-refractivity contribution in [3.8, 4) is 0 Å². The van der Waals surface area contributed by atoms with Gasteiger partial charge in [0.2, 0.25) is 21.9 Å². The smallest absolute Gasteiger partial charge is 0.248 e. The summed E-state index contributed by atoms with van der Waals surface area (Å²) >= 11 is 3.21. The number of hydrogen-bond acceptors (Lipinski definition) is 5. The molecule has 8 heteroatoms. The molecule has 0 N–H and O–H groups in total. The Bertz CT molecular complexity index is 925. The second-order valence-corrected chi connectivity index (χ2v) is 8.76. The van der Waals surface area contributed by atoms with Gasteiger partial charge >= 0.3 is 0 Å². The van der Waals surface area contributed by atoms with Crippen molar-refractivity contribution in [2.45, 2.75) is 13.8 Å². The lowest BCUT2D eigenvalue weighted by atomic mass is 10.0. The number of thiophene rings is 2. The molecule has 3 heterocycles. The van der Waals surface area contributed by atoms with E-state index in [1.807, 2.05) is 58.0 Å². The molecule has 0 unspecified atom stereocenters. The topological polar surface area (TPSA) is 40.6 Å². The number of hydrogen-bond donors (Lipinski definition) is 0. The first-order chi connectivity index (χ1) is 11.8. The van der Waals surface area contributed by atoms with Gasteiger partial charge < -0.3 is 9.62 Å². The molecule has 2 aromatic rings. The van der Waals surface area contributed by atoms with E-state index in [2.05, 4.69) is 0 Å². The fourth-order valence-corrected chi connectivity index (χ4v) is 4.98. The quantitative estimate of drug-likeness (QED) is 0.468. The van der Waals surface area contributed by atoms with Crippen molar-refractivity contribution in [3.63, 3.8) is 0 Å². The van der Waals surface area contributed by atoms with Crippen molar-refractivity contribution in [1.29, 1.82) is 0 Å². The molecule has 0 fully saturated rings. The van der Waals surface area contributed by atoms with Gasteiger partial charge in [-0.2, -0.15) is 0 Å². The lowest BCUT2D eigenvalue weighted by Crippen LogP contribution is -2.24. The minimum Gasteiger partial charge on any atom is -0.423 e. The summed E-state index contributed by atoms with van der Waals surface area (Å²) in [5.74, 6) is -0.141. The van der Waals surface area contributed by atoms with E-state index in [9.17, 15) is 9.59 Å². The van der Waals surface area contributed by atoms with Crippen LogP contribution < -0.4 is 0 Å². The third-order valence-corrected chi connectivity index (χ3v) is 6.14. The number of carbonyl (C=O) groups is 2. The average Bonchev–Trinajstić information content (AvgIpc) is 3.22. The molecule has 126 valence electrons. The van der Waals surface area contributed by atoms with Crippen LogP contribution in [-0.4, -0.2) is 44.8 Å². The van der Waals surface area contributed by atoms with Gasteiger partial charge in [0.05, 0.1) is 32.3 Å². The number of rotatable bonds is 4. The summed E-state index contributed by atoms with van der Waals surface area (Å²) in [5, 5.41) is 0. The van der Waals surface area contributed by atoms with Crippen LogP contribution in [0.15, 0.2) is 35.4 Å². The fraction of sp³-hybridized carbons (Fsp3) is 0.176. The molecule has 0 aromatic carbocycles.